The SMILES string of the molecule is Cc1ccc2cc(OC=O)ccc2n1. The van der Waals surface area contributed by atoms with Crippen LogP contribution in [0.3, 0.4) is 0 Å². The van der Waals surface area contributed by atoms with Crippen molar-refractivity contribution in [2.45, 2.75) is 6.92 Å². The average molecular weight is 187 g/mol. The highest BCUT2D eigenvalue weighted by Gasteiger charge is 1.98. The quantitative estimate of drug-likeness (QED) is 0.675. The van der Waals surface area contributed by atoms with Crippen molar-refractivity contribution in [3.63, 3.8) is 0 Å². The lowest BCUT2D eigenvalue weighted by Crippen LogP contribution is -1.89. The molecule has 1 heterocycles. The van der Waals surface area contributed by atoms with Crippen LogP contribution in [0.4, 0.5) is 0 Å². The minimum absolute atomic E-state index is 0.419. The van der Waals surface area contributed by atoms with E-state index >= 15 is 0 Å². The Morgan fingerprint density at radius 1 is 1.29 bits per heavy atom. The fraction of sp³-hybridized carbons (Fsp3) is 0.0909. The molecular formula is C11H9NO2. The summed E-state index contributed by atoms with van der Waals surface area (Å²) in [6.07, 6.45) is 0. The lowest BCUT2D eigenvalue weighted by atomic mass is 10.2. The summed E-state index contributed by atoms with van der Waals surface area (Å²) in [7, 11) is 0. The molecule has 0 N–H and O–H groups in total. The Labute approximate surface area is 81.3 Å². The van der Waals surface area contributed by atoms with E-state index < -0.39 is 0 Å². The Morgan fingerprint density at radius 2 is 2.14 bits per heavy atom. The molecule has 2 aromatic rings. The topological polar surface area (TPSA) is 39.2 Å². The van der Waals surface area contributed by atoms with Gasteiger partial charge in [-0.25, -0.2) is 0 Å². The summed E-state index contributed by atoms with van der Waals surface area (Å²) in [6, 6.07) is 9.23. The fourth-order valence-electron chi connectivity index (χ4n) is 1.33. The van der Waals surface area contributed by atoms with Crippen molar-refractivity contribution >= 4 is 17.4 Å². The van der Waals surface area contributed by atoms with Gasteiger partial charge in [-0.3, -0.25) is 9.78 Å². The van der Waals surface area contributed by atoms with Crippen LogP contribution in [0.2, 0.25) is 0 Å². The smallest absolute Gasteiger partial charge is 0.298 e. The van der Waals surface area contributed by atoms with Crippen LogP contribution in [0.1, 0.15) is 5.69 Å². The van der Waals surface area contributed by atoms with Crippen molar-refractivity contribution in [2.75, 3.05) is 0 Å². The van der Waals surface area contributed by atoms with Crippen LogP contribution >= 0.6 is 0 Å². The molecule has 1 aromatic carbocycles. The average Bonchev–Trinajstić information content (AvgIpc) is 2.19. The molecule has 0 amide bonds. The molecule has 0 unspecified atom stereocenters. The van der Waals surface area contributed by atoms with Crippen LogP contribution in [-0.4, -0.2) is 11.5 Å². The maximum absolute atomic E-state index is 10.1. The molecule has 1 aromatic heterocycles. The summed E-state index contributed by atoms with van der Waals surface area (Å²) in [4.78, 5) is 14.5. The highest BCUT2D eigenvalue weighted by Crippen LogP contribution is 2.19. The van der Waals surface area contributed by atoms with Gasteiger partial charge in [0.2, 0.25) is 0 Å². The number of carbonyl (C=O) groups excluding carboxylic acids is 1. The van der Waals surface area contributed by atoms with Gasteiger partial charge in [0.25, 0.3) is 6.47 Å². The first kappa shape index (κ1) is 8.69. The van der Waals surface area contributed by atoms with Gasteiger partial charge in [0.05, 0.1) is 5.52 Å². The first-order chi connectivity index (χ1) is 6.79. The third-order valence-electron chi connectivity index (χ3n) is 1.98. The number of hydrogen-bond acceptors (Lipinski definition) is 3. The van der Waals surface area contributed by atoms with Gasteiger partial charge in [-0.2, -0.15) is 0 Å². The van der Waals surface area contributed by atoms with Gasteiger partial charge >= 0.3 is 0 Å². The van der Waals surface area contributed by atoms with Gasteiger partial charge in [0.15, 0.2) is 0 Å². The zero-order valence-electron chi connectivity index (χ0n) is 7.73. The van der Waals surface area contributed by atoms with Crippen LogP contribution in [-0.2, 0) is 4.79 Å². The molecule has 3 nitrogen and oxygen atoms in total. The van der Waals surface area contributed by atoms with Crippen molar-refractivity contribution in [2.24, 2.45) is 0 Å². The minimum atomic E-state index is 0.419. The number of rotatable bonds is 2. The van der Waals surface area contributed by atoms with Gasteiger partial charge in [-0.05, 0) is 31.2 Å². The zero-order valence-corrected chi connectivity index (χ0v) is 7.73. The molecule has 0 aliphatic rings. The zero-order chi connectivity index (χ0) is 9.97. The summed E-state index contributed by atoms with van der Waals surface area (Å²) in [5.41, 5.74) is 1.88. The molecule has 0 atom stereocenters. The van der Waals surface area contributed by atoms with E-state index in [0.717, 1.165) is 16.6 Å². The number of hydrogen-bond donors (Lipinski definition) is 0. The highest BCUT2D eigenvalue weighted by atomic mass is 16.5. The second-order valence-electron chi connectivity index (χ2n) is 3.02. The molecule has 14 heavy (non-hydrogen) atoms. The van der Waals surface area contributed by atoms with E-state index in [1.54, 1.807) is 12.1 Å². The first-order valence-corrected chi connectivity index (χ1v) is 4.27. The molecule has 70 valence electrons. The number of aromatic nitrogens is 1. The largest absolute Gasteiger partial charge is 0.429 e. The van der Waals surface area contributed by atoms with Crippen molar-refractivity contribution in [3.05, 3.63) is 36.0 Å². The number of benzene rings is 1. The molecule has 3 heteroatoms. The summed E-state index contributed by atoms with van der Waals surface area (Å²) in [5, 5.41) is 0.968. The number of fused-ring (bicyclic) bond motifs is 1. The maximum Gasteiger partial charge on any atom is 0.298 e. The molecule has 0 aliphatic carbocycles. The molecular weight excluding hydrogens is 178 g/mol. The van der Waals surface area contributed by atoms with E-state index in [-0.39, 0.29) is 0 Å². The van der Waals surface area contributed by atoms with Gasteiger partial charge in [-0.15, -0.1) is 0 Å². The lowest BCUT2D eigenvalue weighted by molar-refractivity contribution is -0.120. The van der Waals surface area contributed by atoms with E-state index in [2.05, 4.69) is 4.98 Å². The third-order valence-corrected chi connectivity index (χ3v) is 1.98. The van der Waals surface area contributed by atoms with E-state index in [9.17, 15) is 4.79 Å². The predicted octanol–water partition coefficient (Wildman–Crippen LogP) is 2.08. The minimum Gasteiger partial charge on any atom is -0.429 e. The summed E-state index contributed by atoms with van der Waals surface area (Å²) < 4.78 is 4.74. The maximum atomic E-state index is 10.1. The molecule has 0 saturated heterocycles. The molecule has 0 saturated carbocycles. The van der Waals surface area contributed by atoms with Crippen molar-refractivity contribution in [3.8, 4) is 5.75 Å². The van der Waals surface area contributed by atoms with E-state index in [0.29, 0.717) is 12.2 Å². The summed E-state index contributed by atoms with van der Waals surface area (Å²) in [6.45, 7) is 2.36. The Balaban J connectivity index is 2.55. The normalized spacial score (nSPS) is 10.1. The first-order valence-electron chi connectivity index (χ1n) is 4.27. The van der Waals surface area contributed by atoms with Crippen LogP contribution in [0, 0.1) is 6.92 Å². The number of pyridine rings is 1. The van der Waals surface area contributed by atoms with E-state index in [1.165, 1.54) is 0 Å². The molecule has 0 aliphatic heterocycles. The lowest BCUT2D eigenvalue weighted by Gasteiger charge is -2.01. The number of nitrogens with zero attached hydrogens (tertiary/aromatic N) is 1. The molecule has 0 spiro atoms. The summed E-state index contributed by atoms with van der Waals surface area (Å²) in [5.74, 6) is 0.540. The third kappa shape index (κ3) is 1.57. The summed E-state index contributed by atoms with van der Waals surface area (Å²) >= 11 is 0. The van der Waals surface area contributed by atoms with Crippen LogP contribution in [0.5, 0.6) is 5.75 Å². The van der Waals surface area contributed by atoms with Gasteiger partial charge < -0.3 is 4.74 Å². The Hall–Kier alpha value is -1.90. The second kappa shape index (κ2) is 3.46. The van der Waals surface area contributed by atoms with Gasteiger partial charge in [0.1, 0.15) is 5.75 Å². The predicted molar refractivity (Wildman–Crippen MR) is 53.2 cm³/mol. The number of ether oxygens (including phenoxy) is 1. The Morgan fingerprint density at radius 3 is 2.93 bits per heavy atom. The van der Waals surface area contributed by atoms with Gasteiger partial charge in [-0.1, -0.05) is 6.07 Å². The Kier molecular flexibility index (Phi) is 2.14. The molecule has 0 bridgehead atoms. The molecule has 2 rings (SSSR count). The standard InChI is InChI=1S/C11H9NO2/c1-8-2-3-9-6-10(14-7-13)4-5-11(9)12-8/h2-7H,1H3. The van der Waals surface area contributed by atoms with Crippen molar-refractivity contribution < 1.29 is 9.53 Å². The van der Waals surface area contributed by atoms with E-state index in [4.69, 9.17) is 4.74 Å². The van der Waals surface area contributed by atoms with Crippen LogP contribution in [0.15, 0.2) is 30.3 Å². The molecule has 0 radical (unpaired) electrons. The van der Waals surface area contributed by atoms with Crippen molar-refractivity contribution in [1.29, 1.82) is 0 Å². The molecule has 0 fully saturated rings. The van der Waals surface area contributed by atoms with Gasteiger partial charge in [0, 0.05) is 11.1 Å². The fourth-order valence-corrected chi connectivity index (χ4v) is 1.33. The second-order valence-corrected chi connectivity index (χ2v) is 3.02. The Bertz CT molecular complexity index is 480. The van der Waals surface area contributed by atoms with E-state index in [1.807, 2.05) is 25.1 Å². The monoisotopic (exact) mass is 187 g/mol. The highest BCUT2D eigenvalue weighted by molar-refractivity contribution is 5.80. The number of carbonyl (C=O) groups is 1. The number of aryl methyl sites for hydroxylation is 1. The van der Waals surface area contributed by atoms with Crippen LogP contribution < -0.4 is 4.74 Å². The van der Waals surface area contributed by atoms with Crippen molar-refractivity contribution in [1.82, 2.24) is 4.98 Å². The van der Waals surface area contributed by atoms with Crippen LogP contribution in [0.25, 0.3) is 10.9 Å².